The van der Waals surface area contributed by atoms with E-state index in [1.807, 2.05) is 30.3 Å². The Kier molecular flexibility index (Phi) is 3.57. The molecular weight excluding hydrogens is 214 g/mol. The number of nitrogens with zero attached hydrogens (tertiary/aromatic N) is 1. The van der Waals surface area contributed by atoms with E-state index in [1.54, 1.807) is 19.5 Å². The summed E-state index contributed by atoms with van der Waals surface area (Å²) >= 11 is 0. The smallest absolute Gasteiger partial charge is 0.119 e. The zero-order valence-electron chi connectivity index (χ0n) is 9.68. The van der Waals surface area contributed by atoms with Gasteiger partial charge in [0.15, 0.2) is 0 Å². The van der Waals surface area contributed by atoms with Crippen molar-refractivity contribution in [1.29, 1.82) is 0 Å². The van der Waals surface area contributed by atoms with Crippen molar-refractivity contribution in [2.75, 3.05) is 12.4 Å². The summed E-state index contributed by atoms with van der Waals surface area (Å²) in [6.45, 7) is 0.465. The van der Waals surface area contributed by atoms with Crippen LogP contribution in [-0.2, 0) is 6.54 Å². The first kappa shape index (κ1) is 11.4. The summed E-state index contributed by atoms with van der Waals surface area (Å²) in [6.07, 6.45) is 3.51. The van der Waals surface area contributed by atoms with Crippen LogP contribution in [0, 0.1) is 0 Å². The highest BCUT2D eigenvalue weighted by molar-refractivity contribution is 5.63. The van der Waals surface area contributed by atoms with Crippen molar-refractivity contribution in [3.63, 3.8) is 0 Å². The molecule has 0 aliphatic heterocycles. The van der Waals surface area contributed by atoms with Crippen LogP contribution in [0.25, 0.3) is 0 Å². The summed E-state index contributed by atoms with van der Waals surface area (Å²) in [6, 6.07) is 9.64. The Hall–Kier alpha value is -2.07. The number of hydrogen-bond acceptors (Lipinski definition) is 4. The Balaban J connectivity index is 2.19. The van der Waals surface area contributed by atoms with Crippen LogP contribution in [0.3, 0.4) is 0 Å². The number of nitrogens with two attached hydrogens (primary N) is 1. The van der Waals surface area contributed by atoms with E-state index in [2.05, 4.69) is 10.3 Å². The molecule has 2 rings (SSSR count). The SMILES string of the molecule is COc1ccc(Nc2ccncc2CN)cc1. The Labute approximate surface area is 100 Å². The van der Waals surface area contributed by atoms with Crippen molar-refractivity contribution in [2.45, 2.75) is 6.54 Å². The molecule has 17 heavy (non-hydrogen) atoms. The van der Waals surface area contributed by atoms with Crippen LogP contribution in [0.2, 0.25) is 0 Å². The van der Waals surface area contributed by atoms with Gasteiger partial charge in [0, 0.05) is 35.9 Å². The summed E-state index contributed by atoms with van der Waals surface area (Å²) in [7, 11) is 1.65. The quantitative estimate of drug-likeness (QED) is 0.844. The van der Waals surface area contributed by atoms with Crippen LogP contribution in [0.1, 0.15) is 5.56 Å². The van der Waals surface area contributed by atoms with Gasteiger partial charge in [-0.2, -0.15) is 0 Å². The fourth-order valence-corrected chi connectivity index (χ4v) is 1.54. The van der Waals surface area contributed by atoms with Crippen molar-refractivity contribution in [3.8, 4) is 5.75 Å². The Morgan fingerprint density at radius 3 is 2.65 bits per heavy atom. The number of ether oxygens (including phenoxy) is 1. The standard InChI is InChI=1S/C13H15N3O/c1-17-12-4-2-11(3-5-12)16-13-6-7-15-9-10(13)8-14/h2-7,9H,8,14H2,1H3,(H,15,16). The van der Waals surface area contributed by atoms with Crippen LogP contribution >= 0.6 is 0 Å². The normalized spacial score (nSPS) is 10.0. The van der Waals surface area contributed by atoms with Gasteiger partial charge in [0.1, 0.15) is 5.75 Å². The third-order valence-corrected chi connectivity index (χ3v) is 2.49. The van der Waals surface area contributed by atoms with Crippen LogP contribution in [0.5, 0.6) is 5.75 Å². The number of hydrogen-bond donors (Lipinski definition) is 2. The number of benzene rings is 1. The Bertz CT molecular complexity index is 482. The lowest BCUT2D eigenvalue weighted by molar-refractivity contribution is 0.415. The van der Waals surface area contributed by atoms with Crippen molar-refractivity contribution in [3.05, 3.63) is 48.3 Å². The number of anilines is 2. The van der Waals surface area contributed by atoms with E-state index < -0.39 is 0 Å². The molecule has 0 atom stereocenters. The largest absolute Gasteiger partial charge is 0.497 e. The van der Waals surface area contributed by atoms with Crippen molar-refractivity contribution in [1.82, 2.24) is 4.98 Å². The Morgan fingerprint density at radius 2 is 2.00 bits per heavy atom. The molecule has 0 bridgehead atoms. The average molecular weight is 229 g/mol. The highest BCUT2D eigenvalue weighted by Gasteiger charge is 2.01. The second-order valence-corrected chi connectivity index (χ2v) is 3.59. The summed E-state index contributed by atoms with van der Waals surface area (Å²) in [5, 5.41) is 3.30. The number of aromatic nitrogens is 1. The first-order valence-corrected chi connectivity index (χ1v) is 5.37. The average Bonchev–Trinajstić information content (AvgIpc) is 2.40. The molecule has 1 heterocycles. The molecule has 4 heteroatoms. The number of nitrogens with one attached hydrogen (secondary N) is 1. The molecule has 0 aliphatic carbocycles. The number of methoxy groups -OCH3 is 1. The second kappa shape index (κ2) is 5.32. The van der Waals surface area contributed by atoms with Gasteiger partial charge >= 0.3 is 0 Å². The van der Waals surface area contributed by atoms with E-state index in [9.17, 15) is 0 Å². The number of pyridine rings is 1. The fraction of sp³-hybridized carbons (Fsp3) is 0.154. The van der Waals surface area contributed by atoms with Gasteiger partial charge in [-0.15, -0.1) is 0 Å². The molecule has 0 spiro atoms. The van der Waals surface area contributed by atoms with Crippen LogP contribution in [0.4, 0.5) is 11.4 Å². The minimum atomic E-state index is 0.465. The molecule has 0 amide bonds. The highest BCUT2D eigenvalue weighted by atomic mass is 16.5. The van der Waals surface area contributed by atoms with Gasteiger partial charge in [-0.1, -0.05) is 0 Å². The molecule has 0 fully saturated rings. The van der Waals surface area contributed by atoms with E-state index in [1.165, 1.54) is 0 Å². The maximum atomic E-state index is 5.65. The van der Waals surface area contributed by atoms with Crippen molar-refractivity contribution >= 4 is 11.4 Å². The first-order valence-electron chi connectivity index (χ1n) is 5.37. The predicted molar refractivity (Wildman–Crippen MR) is 68.4 cm³/mol. The van der Waals surface area contributed by atoms with E-state index in [4.69, 9.17) is 10.5 Å². The van der Waals surface area contributed by atoms with E-state index >= 15 is 0 Å². The zero-order valence-corrected chi connectivity index (χ0v) is 9.68. The molecule has 4 nitrogen and oxygen atoms in total. The molecule has 3 N–H and O–H groups in total. The zero-order chi connectivity index (χ0) is 12.1. The van der Waals surface area contributed by atoms with Crippen molar-refractivity contribution < 1.29 is 4.74 Å². The van der Waals surface area contributed by atoms with Gasteiger partial charge in [-0.3, -0.25) is 4.98 Å². The summed E-state index contributed by atoms with van der Waals surface area (Å²) in [5.41, 5.74) is 8.61. The molecule has 0 radical (unpaired) electrons. The molecule has 0 saturated carbocycles. The van der Waals surface area contributed by atoms with E-state index in [-0.39, 0.29) is 0 Å². The lowest BCUT2D eigenvalue weighted by Crippen LogP contribution is -2.02. The maximum Gasteiger partial charge on any atom is 0.119 e. The van der Waals surface area contributed by atoms with Gasteiger partial charge < -0.3 is 15.8 Å². The van der Waals surface area contributed by atoms with Crippen molar-refractivity contribution in [2.24, 2.45) is 5.73 Å². The topological polar surface area (TPSA) is 60.2 Å². The lowest BCUT2D eigenvalue weighted by Gasteiger charge is -2.10. The highest BCUT2D eigenvalue weighted by Crippen LogP contribution is 2.21. The fourth-order valence-electron chi connectivity index (χ4n) is 1.54. The predicted octanol–water partition coefficient (Wildman–Crippen LogP) is 2.29. The molecule has 1 aromatic heterocycles. The summed E-state index contributed by atoms with van der Waals surface area (Å²) < 4.78 is 5.11. The van der Waals surface area contributed by atoms with Gasteiger partial charge in [0.05, 0.1) is 7.11 Å². The van der Waals surface area contributed by atoms with Gasteiger partial charge in [0.2, 0.25) is 0 Å². The van der Waals surface area contributed by atoms with Crippen LogP contribution in [0.15, 0.2) is 42.7 Å². The van der Waals surface area contributed by atoms with Gasteiger partial charge in [-0.25, -0.2) is 0 Å². The summed E-state index contributed by atoms with van der Waals surface area (Å²) in [4.78, 5) is 4.05. The second-order valence-electron chi connectivity index (χ2n) is 3.59. The number of rotatable bonds is 4. The third-order valence-electron chi connectivity index (χ3n) is 2.49. The molecular formula is C13H15N3O. The monoisotopic (exact) mass is 229 g/mol. The van der Waals surface area contributed by atoms with Crippen LogP contribution in [-0.4, -0.2) is 12.1 Å². The molecule has 0 unspecified atom stereocenters. The minimum absolute atomic E-state index is 0.465. The van der Waals surface area contributed by atoms with Gasteiger partial charge in [-0.05, 0) is 30.3 Å². The third kappa shape index (κ3) is 2.73. The van der Waals surface area contributed by atoms with Gasteiger partial charge in [0.25, 0.3) is 0 Å². The van der Waals surface area contributed by atoms with E-state index in [0.717, 1.165) is 22.7 Å². The molecule has 0 saturated heterocycles. The van der Waals surface area contributed by atoms with E-state index in [0.29, 0.717) is 6.54 Å². The van der Waals surface area contributed by atoms with Crippen LogP contribution < -0.4 is 15.8 Å². The molecule has 1 aromatic carbocycles. The maximum absolute atomic E-state index is 5.65. The Morgan fingerprint density at radius 1 is 1.24 bits per heavy atom. The molecule has 88 valence electrons. The minimum Gasteiger partial charge on any atom is -0.497 e. The first-order chi connectivity index (χ1) is 8.33. The molecule has 2 aromatic rings. The lowest BCUT2D eigenvalue weighted by atomic mass is 10.2. The molecule has 0 aliphatic rings. The summed E-state index contributed by atoms with van der Waals surface area (Å²) in [5.74, 6) is 0.837.